The van der Waals surface area contributed by atoms with Gasteiger partial charge >= 0.3 is 0 Å². The minimum Gasteiger partial charge on any atom is -0.358 e. The first-order valence-corrected chi connectivity index (χ1v) is 7.13. The second kappa shape index (κ2) is 6.34. The lowest BCUT2D eigenvalue weighted by atomic mass is 10.1. The lowest BCUT2D eigenvalue weighted by molar-refractivity contribution is -0.135. The molecule has 1 heterocycles. The van der Waals surface area contributed by atoms with Gasteiger partial charge in [0.1, 0.15) is 6.04 Å². The van der Waals surface area contributed by atoms with Gasteiger partial charge in [0.15, 0.2) is 0 Å². The van der Waals surface area contributed by atoms with Gasteiger partial charge in [0.05, 0.1) is 6.54 Å². The zero-order chi connectivity index (χ0) is 13.8. The van der Waals surface area contributed by atoms with Gasteiger partial charge in [-0.3, -0.25) is 14.5 Å². The highest BCUT2D eigenvalue weighted by molar-refractivity contribution is 5.84. The van der Waals surface area contributed by atoms with Crippen molar-refractivity contribution in [3.05, 3.63) is 0 Å². The third-order valence-corrected chi connectivity index (χ3v) is 3.89. The third kappa shape index (κ3) is 3.45. The minimum absolute atomic E-state index is 0.0190. The predicted octanol–water partition coefficient (Wildman–Crippen LogP) is -0.983. The Labute approximate surface area is 114 Å². The standard InChI is InChI=1S/C13H24N4O2/c1-3-17(10-4-5-10)12(18)9-16-7-6-15-8-11(16)13(19)14-2/h10-11,15H,3-9H2,1-2H3,(H,14,19). The summed E-state index contributed by atoms with van der Waals surface area (Å²) >= 11 is 0. The molecule has 19 heavy (non-hydrogen) atoms. The summed E-state index contributed by atoms with van der Waals surface area (Å²) in [5.74, 6) is 0.135. The number of nitrogens with zero attached hydrogens (tertiary/aromatic N) is 2. The number of hydrogen-bond donors (Lipinski definition) is 2. The summed E-state index contributed by atoms with van der Waals surface area (Å²) in [6.07, 6.45) is 2.25. The minimum atomic E-state index is -0.236. The SMILES string of the molecule is CCN(C(=O)CN1CCNCC1C(=O)NC)C1CC1. The van der Waals surface area contributed by atoms with E-state index in [1.165, 1.54) is 0 Å². The quantitative estimate of drug-likeness (QED) is 0.672. The summed E-state index contributed by atoms with van der Waals surface area (Å²) < 4.78 is 0. The van der Waals surface area contributed by atoms with Crippen molar-refractivity contribution in [2.24, 2.45) is 0 Å². The Morgan fingerprint density at radius 3 is 2.74 bits per heavy atom. The number of rotatable bonds is 5. The highest BCUT2D eigenvalue weighted by atomic mass is 16.2. The second-order valence-electron chi connectivity index (χ2n) is 5.22. The van der Waals surface area contributed by atoms with Crippen LogP contribution in [0.4, 0.5) is 0 Å². The van der Waals surface area contributed by atoms with Crippen molar-refractivity contribution in [1.29, 1.82) is 0 Å². The molecule has 108 valence electrons. The van der Waals surface area contributed by atoms with Crippen LogP contribution < -0.4 is 10.6 Å². The second-order valence-corrected chi connectivity index (χ2v) is 5.22. The van der Waals surface area contributed by atoms with E-state index in [1.54, 1.807) is 7.05 Å². The molecule has 2 N–H and O–H groups in total. The molecule has 6 nitrogen and oxygen atoms in total. The van der Waals surface area contributed by atoms with Crippen LogP contribution in [0.3, 0.4) is 0 Å². The Kier molecular flexibility index (Phi) is 4.76. The van der Waals surface area contributed by atoms with E-state index < -0.39 is 0 Å². The van der Waals surface area contributed by atoms with E-state index in [-0.39, 0.29) is 17.9 Å². The highest BCUT2D eigenvalue weighted by Gasteiger charge is 2.34. The van der Waals surface area contributed by atoms with E-state index in [0.717, 1.165) is 32.5 Å². The van der Waals surface area contributed by atoms with E-state index in [9.17, 15) is 9.59 Å². The van der Waals surface area contributed by atoms with Gasteiger partial charge in [0.25, 0.3) is 0 Å². The van der Waals surface area contributed by atoms with Crippen LogP contribution in [0, 0.1) is 0 Å². The maximum atomic E-state index is 12.3. The lowest BCUT2D eigenvalue weighted by Gasteiger charge is -2.35. The van der Waals surface area contributed by atoms with Gasteiger partial charge in [-0.15, -0.1) is 0 Å². The van der Waals surface area contributed by atoms with Gasteiger partial charge in [0, 0.05) is 39.3 Å². The molecule has 1 aliphatic heterocycles. The van der Waals surface area contributed by atoms with Crippen LogP contribution in [0.5, 0.6) is 0 Å². The Morgan fingerprint density at radius 1 is 1.42 bits per heavy atom. The zero-order valence-electron chi connectivity index (χ0n) is 11.8. The molecular weight excluding hydrogens is 244 g/mol. The van der Waals surface area contributed by atoms with Gasteiger partial charge in [-0.1, -0.05) is 0 Å². The number of piperazine rings is 1. The van der Waals surface area contributed by atoms with Crippen LogP contribution >= 0.6 is 0 Å². The first-order chi connectivity index (χ1) is 9.17. The van der Waals surface area contributed by atoms with Crippen LogP contribution in [0.1, 0.15) is 19.8 Å². The van der Waals surface area contributed by atoms with Crippen molar-refractivity contribution < 1.29 is 9.59 Å². The van der Waals surface area contributed by atoms with Crippen LogP contribution in [0.25, 0.3) is 0 Å². The number of amides is 2. The molecule has 0 aromatic carbocycles. The van der Waals surface area contributed by atoms with Crippen molar-refractivity contribution in [3.63, 3.8) is 0 Å². The molecule has 0 spiro atoms. The Hall–Kier alpha value is -1.14. The molecule has 1 saturated heterocycles. The highest BCUT2D eigenvalue weighted by Crippen LogP contribution is 2.26. The van der Waals surface area contributed by atoms with Crippen molar-refractivity contribution in [2.45, 2.75) is 31.8 Å². The molecule has 6 heteroatoms. The number of carbonyl (C=O) groups is 2. The Balaban J connectivity index is 1.94. The zero-order valence-corrected chi connectivity index (χ0v) is 11.8. The van der Waals surface area contributed by atoms with Crippen LogP contribution in [0.2, 0.25) is 0 Å². The van der Waals surface area contributed by atoms with E-state index in [0.29, 0.717) is 19.1 Å². The fourth-order valence-corrected chi connectivity index (χ4v) is 2.65. The van der Waals surface area contributed by atoms with Crippen LogP contribution in [0.15, 0.2) is 0 Å². The van der Waals surface area contributed by atoms with Crippen molar-refractivity contribution in [2.75, 3.05) is 39.8 Å². The molecule has 2 rings (SSSR count). The van der Waals surface area contributed by atoms with Crippen LogP contribution in [-0.4, -0.2) is 73.5 Å². The summed E-state index contributed by atoms with van der Waals surface area (Å²) in [6.45, 7) is 5.32. The number of likely N-dealkylation sites (N-methyl/N-ethyl adjacent to an activating group) is 2. The van der Waals surface area contributed by atoms with Gasteiger partial charge < -0.3 is 15.5 Å². The smallest absolute Gasteiger partial charge is 0.238 e. The fourth-order valence-electron chi connectivity index (χ4n) is 2.65. The Morgan fingerprint density at radius 2 is 2.16 bits per heavy atom. The van der Waals surface area contributed by atoms with Gasteiger partial charge in [0.2, 0.25) is 11.8 Å². The summed E-state index contributed by atoms with van der Waals surface area (Å²) in [7, 11) is 1.64. The number of nitrogens with one attached hydrogen (secondary N) is 2. The molecule has 0 bridgehead atoms. The molecule has 0 aromatic heterocycles. The fraction of sp³-hybridized carbons (Fsp3) is 0.846. The predicted molar refractivity (Wildman–Crippen MR) is 72.7 cm³/mol. The molecule has 0 radical (unpaired) electrons. The van der Waals surface area contributed by atoms with E-state index in [1.807, 2.05) is 16.7 Å². The molecule has 1 atom stereocenters. The van der Waals surface area contributed by atoms with E-state index in [4.69, 9.17) is 0 Å². The van der Waals surface area contributed by atoms with Crippen molar-refractivity contribution in [3.8, 4) is 0 Å². The van der Waals surface area contributed by atoms with Crippen LogP contribution in [-0.2, 0) is 9.59 Å². The largest absolute Gasteiger partial charge is 0.358 e. The monoisotopic (exact) mass is 268 g/mol. The Bertz CT molecular complexity index is 344. The number of hydrogen-bond acceptors (Lipinski definition) is 4. The first-order valence-electron chi connectivity index (χ1n) is 7.13. The van der Waals surface area contributed by atoms with Gasteiger partial charge in [-0.05, 0) is 19.8 Å². The van der Waals surface area contributed by atoms with Gasteiger partial charge in [-0.25, -0.2) is 0 Å². The van der Waals surface area contributed by atoms with Crippen molar-refractivity contribution >= 4 is 11.8 Å². The molecule has 0 aromatic rings. The molecule has 1 unspecified atom stereocenters. The molecule has 1 aliphatic carbocycles. The average molecular weight is 268 g/mol. The van der Waals surface area contributed by atoms with E-state index >= 15 is 0 Å². The van der Waals surface area contributed by atoms with Gasteiger partial charge in [-0.2, -0.15) is 0 Å². The lowest BCUT2D eigenvalue weighted by Crippen LogP contribution is -2.59. The molecule has 2 aliphatic rings. The first kappa shape index (κ1) is 14.3. The molecular formula is C13H24N4O2. The maximum Gasteiger partial charge on any atom is 0.238 e. The normalized spacial score (nSPS) is 24.0. The molecule has 1 saturated carbocycles. The summed E-state index contributed by atoms with van der Waals surface area (Å²) in [4.78, 5) is 28.1. The van der Waals surface area contributed by atoms with E-state index in [2.05, 4.69) is 10.6 Å². The maximum absolute atomic E-state index is 12.3. The molecule has 2 amide bonds. The third-order valence-electron chi connectivity index (χ3n) is 3.89. The average Bonchev–Trinajstić information content (AvgIpc) is 3.24. The summed E-state index contributed by atoms with van der Waals surface area (Å²) in [5, 5.41) is 5.87. The summed E-state index contributed by atoms with van der Waals surface area (Å²) in [6, 6.07) is 0.208. The molecule has 2 fully saturated rings. The van der Waals surface area contributed by atoms with Crippen molar-refractivity contribution in [1.82, 2.24) is 20.4 Å². The summed E-state index contributed by atoms with van der Waals surface area (Å²) in [5.41, 5.74) is 0. The topological polar surface area (TPSA) is 64.7 Å². The number of carbonyl (C=O) groups excluding carboxylic acids is 2.